The predicted molar refractivity (Wildman–Crippen MR) is 29.8 cm³/mol. The number of hydrogen-bond acceptors (Lipinski definition) is 0. The fraction of sp³-hybridized carbons (Fsp3) is 1.00. The Hall–Kier alpha value is 0.830. The van der Waals surface area contributed by atoms with Crippen LogP contribution in [0.3, 0.4) is 0 Å². The zero-order chi connectivity index (χ0) is 4.28. The van der Waals surface area contributed by atoms with Crippen LogP contribution >= 0.6 is 34.8 Å². The fourth-order valence-electron chi connectivity index (χ4n) is 0. The van der Waals surface area contributed by atoms with E-state index in [0.717, 1.165) is 0 Å². The van der Waals surface area contributed by atoms with E-state index in [0.29, 0.717) is 5.88 Å². The quantitative estimate of drug-likeness (QED) is 0.505. The molecule has 0 unspecified atom stereocenters. The largest absolute Gasteiger partial charge is 0.412 e. The van der Waals surface area contributed by atoms with Crippen molar-refractivity contribution in [2.24, 2.45) is 0 Å². The summed E-state index contributed by atoms with van der Waals surface area (Å²) < 4.78 is 0. The zero-order valence-corrected chi connectivity index (χ0v) is 5.19. The maximum Gasteiger partial charge on any atom is 0.121 e. The molecule has 0 aromatic rings. The van der Waals surface area contributed by atoms with Crippen LogP contribution in [0.15, 0.2) is 0 Å². The molecule has 4 heteroatoms. The topological polar surface area (TPSA) is 31.5 Å². The minimum Gasteiger partial charge on any atom is -0.412 e. The van der Waals surface area contributed by atoms with Gasteiger partial charge in [0.05, 0.1) is 5.88 Å². The Morgan fingerprint density at radius 1 is 1.33 bits per heavy atom. The number of hydrogen-bond donors (Lipinski definition) is 0. The Labute approximate surface area is 51.5 Å². The molecule has 0 aliphatic rings. The number of halogens is 3. The minimum absolute atomic E-state index is 0. The van der Waals surface area contributed by atoms with Crippen molar-refractivity contribution < 1.29 is 5.48 Å². The van der Waals surface area contributed by atoms with Gasteiger partial charge in [-0.15, -0.1) is 34.8 Å². The molecule has 0 heterocycles. The van der Waals surface area contributed by atoms with Gasteiger partial charge in [0.1, 0.15) is 4.84 Å². The van der Waals surface area contributed by atoms with Crippen molar-refractivity contribution in [1.29, 1.82) is 0 Å². The normalized spacial score (nSPS) is 8.00. The van der Waals surface area contributed by atoms with E-state index in [4.69, 9.17) is 34.8 Å². The monoisotopic (exact) mass is 150 g/mol. The second-order valence-electron chi connectivity index (χ2n) is 0.545. The molecule has 0 rings (SSSR count). The standard InChI is InChI=1S/C2H3Cl3.H2O/c3-1-2(4)5;/h2H,1H2;1H2. The zero-order valence-electron chi connectivity index (χ0n) is 2.92. The third-order valence-electron chi connectivity index (χ3n) is 0.117. The van der Waals surface area contributed by atoms with Crippen LogP contribution in [0, 0.1) is 0 Å². The van der Waals surface area contributed by atoms with E-state index in [1.165, 1.54) is 0 Å². The molecule has 0 bridgehead atoms. The molecule has 0 aliphatic carbocycles. The van der Waals surface area contributed by atoms with Gasteiger partial charge in [0.2, 0.25) is 0 Å². The summed E-state index contributed by atoms with van der Waals surface area (Å²) in [6, 6.07) is 0. The highest BCUT2D eigenvalue weighted by Crippen LogP contribution is 2.01. The first-order chi connectivity index (χ1) is 2.27. The van der Waals surface area contributed by atoms with Crippen LogP contribution in [0.5, 0.6) is 0 Å². The van der Waals surface area contributed by atoms with Gasteiger partial charge in [0.15, 0.2) is 0 Å². The van der Waals surface area contributed by atoms with Gasteiger partial charge in [-0.2, -0.15) is 0 Å². The van der Waals surface area contributed by atoms with Crippen molar-refractivity contribution in [2.45, 2.75) is 4.84 Å². The summed E-state index contributed by atoms with van der Waals surface area (Å²) in [7, 11) is 0. The fourth-order valence-corrected chi connectivity index (χ4v) is 0. The molecule has 0 fully saturated rings. The lowest BCUT2D eigenvalue weighted by atomic mass is 10.9. The second kappa shape index (κ2) is 5.83. The maximum absolute atomic E-state index is 5.10. The summed E-state index contributed by atoms with van der Waals surface area (Å²) >= 11 is 15.3. The summed E-state index contributed by atoms with van der Waals surface area (Å²) in [5.74, 6) is 0.309. The average Bonchev–Trinajstić information content (AvgIpc) is 1.38. The number of alkyl halides is 3. The van der Waals surface area contributed by atoms with Gasteiger partial charge in [-0.25, -0.2) is 0 Å². The summed E-state index contributed by atoms with van der Waals surface area (Å²) in [6.45, 7) is 0. The Bertz CT molecular complexity index is 22.8. The smallest absolute Gasteiger partial charge is 0.121 e. The van der Waals surface area contributed by atoms with E-state index >= 15 is 0 Å². The van der Waals surface area contributed by atoms with E-state index < -0.39 is 4.84 Å². The Balaban J connectivity index is 0. The van der Waals surface area contributed by atoms with E-state index in [-0.39, 0.29) is 5.48 Å². The predicted octanol–water partition coefficient (Wildman–Crippen LogP) is 1.20. The van der Waals surface area contributed by atoms with Crippen molar-refractivity contribution in [2.75, 3.05) is 5.88 Å². The first-order valence-electron chi connectivity index (χ1n) is 1.11. The molecule has 0 atom stereocenters. The van der Waals surface area contributed by atoms with Crippen LogP contribution in [0.4, 0.5) is 0 Å². The Kier molecular flexibility index (Phi) is 9.67. The SMILES string of the molecule is ClCC(Cl)Cl.O. The average molecular weight is 151 g/mol. The van der Waals surface area contributed by atoms with Crippen molar-refractivity contribution >= 4 is 34.8 Å². The highest BCUT2D eigenvalue weighted by atomic mass is 35.5. The number of rotatable bonds is 1. The molecule has 40 valence electrons. The third-order valence-corrected chi connectivity index (χ3v) is 1.05. The summed E-state index contributed by atoms with van der Waals surface area (Å²) in [4.78, 5) is -0.406. The molecule has 0 radical (unpaired) electrons. The van der Waals surface area contributed by atoms with Crippen molar-refractivity contribution in [3.63, 3.8) is 0 Å². The molecule has 0 aliphatic heterocycles. The van der Waals surface area contributed by atoms with Gasteiger partial charge in [-0.05, 0) is 0 Å². The molecule has 0 spiro atoms. The van der Waals surface area contributed by atoms with Gasteiger partial charge in [0.25, 0.3) is 0 Å². The van der Waals surface area contributed by atoms with Gasteiger partial charge in [-0.3, -0.25) is 0 Å². The van der Waals surface area contributed by atoms with E-state index in [9.17, 15) is 0 Å². The van der Waals surface area contributed by atoms with Crippen LogP contribution in [0.1, 0.15) is 0 Å². The maximum atomic E-state index is 5.10. The third kappa shape index (κ3) is 8.85. The molecule has 2 N–H and O–H groups in total. The lowest BCUT2D eigenvalue weighted by Crippen LogP contribution is -1.82. The molecule has 0 aromatic heterocycles. The van der Waals surface area contributed by atoms with Crippen LogP contribution in [-0.4, -0.2) is 16.2 Å². The summed E-state index contributed by atoms with van der Waals surface area (Å²) in [6.07, 6.45) is 0. The second-order valence-corrected chi connectivity index (χ2v) is 2.13. The van der Waals surface area contributed by atoms with E-state index in [1.807, 2.05) is 0 Å². The first-order valence-corrected chi connectivity index (χ1v) is 2.52. The lowest BCUT2D eigenvalue weighted by Gasteiger charge is -1.82. The molecule has 0 aromatic carbocycles. The van der Waals surface area contributed by atoms with Crippen molar-refractivity contribution in [1.82, 2.24) is 0 Å². The minimum atomic E-state index is -0.406. The van der Waals surface area contributed by atoms with Gasteiger partial charge >= 0.3 is 0 Å². The van der Waals surface area contributed by atoms with Gasteiger partial charge in [0, 0.05) is 0 Å². The van der Waals surface area contributed by atoms with Crippen LogP contribution in [0.25, 0.3) is 0 Å². The first kappa shape index (κ1) is 9.95. The van der Waals surface area contributed by atoms with Crippen LogP contribution < -0.4 is 0 Å². The molecular formula is C2H5Cl3O. The van der Waals surface area contributed by atoms with Crippen LogP contribution in [0.2, 0.25) is 0 Å². The van der Waals surface area contributed by atoms with Gasteiger partial charge in [-0.1, -0.05) is 0 Å². The molecule has 6 heavy (non-hydrogen) atoms. The molecular weight excluding hydrogens is 146 g/mol. The Morgan fingerprint density at radius 3 is 1.50 bits per heavy atom. The highest BCUT2D eigenvalue weighted by molar-refractivity contribution is 6.47. The summed E-state index contributed by atoms with van der Waals surface area (Å²) in [5.41, 5.74) is 0. The summed E-state index contributed by atoms with van der Waals surface area (Å²) in [5, 5.41) is 0. The molecule has 0 amide bonds. The van der Waals surface area contributed by atoms with Crippen molar-refractivity contribution in [3.05, 3.63) is 0 Å². The van der Waals surface area contributed by atoms with Gasteiger partial charge < -0.3 is 5.48 Å². The molecule has 0 saturated carbocycles. The van der Waals surface area contributed by atoms with E-state index in [2.05, 4.69) is 0 Å². The van der Waals surface area contributed by atoms with Crippen molar-refractivity contribution in [3.8, 4) is 0 Å². The Morgan fingerprint density at radius 2 is 1.50 bits per heavy atom. The van der Waals surface area contributed by atoms with Crippen LogP contribution in [-0.2, 0) is 0 Å². The molecule has 0 saturated heterocycles. The van der Waals surface area contributed by atoms with E-state index in [1.54, 1.807) is 0 Å². The molecule has 1 nitrogen and oxygen atoms in total. The lowest BCUT2D eigenvalue weighted by molar-refractivity contribution is 0.824. The highest BCUT2D eigenvalue weighted by Gasteiger charge is 1.88.